The number of ether oxygens (including phenoxy) is 2. The molecule has 1 aromatic rings. The number of carbonyl (C=O) groups excluding carboxylic acids is 1. The van der Waals surface area contributed by atoms with Gasteiger partial charge in [-0.1, -0.05) is 6.07 Å². The molecule has 2 fully saturated rings. The maximum atomic E-state index is 13.1. The van der Waals surface area contributed by atoms with Crippen LogP contribution in [-0.2, 0) is 14.0 Å². The van der Waals surface area contributed by atoms with E-state index >= 15 is 0 Å². The van der Waals surface area contributed by atoms with Crippen LogP contribution in [0.25, 0.3) is 0 Å². The Bertz CT molecular complexity index is 682. The van der Waals surface area contributed by atoms with Crippen LogP contribution in [0.4, 0.5) is 0 Å². The predicted octanol–water partition coefficient (Wildman–Crippen LogP) is 2.25. The fourth-order valence-corrected chi connectivity index (χ4v) is 3.13. The molecule has 0 spiro atoms. The van der Waals surface area contributed by atoms with Crippen LogP contribution < -0.4 is 10.2 Å². The van der Waals surface area contributed by atoms with E-state index in [1.54, 1.807) is 4.90 Å². The van der Waals surface area contributed by atoms with Gasteiger partial charge in [-0.25, -0.2) is 0 Å². The van der Waals surface area contributed by atoms with Crippen molar-refractivity contribution in [2.45, 2.75) is 58.8 Å². The highest BCUT2D eigenvalue weighted by Crippen LogP contribution is 2.36. The summed E-state index contributed by atoms with van der Waals surface area (Å²) in [7, 11) is -0.515. The normalized spacial score (nSPS) is 21.6. The van der Waals surface area contributed by atoms with Crippen LogP contribution in [0.2, 0.25) is 0 Å². The summed E-state index contributed by atoms with van der Waals surface area (Å²) in [6, 6.07) is 5.60. The monoisotopic (exact) mass is 375 g/mol. The van der Waals surface area contributed by atoms with Crippen LogP contribution in [-0.4, -0.2) is 61.5 Å². The minimum absolute atomic E-state index is 0.0241. The van der Waals surface area contributed by atoms with Crippen LogP contribution in [0.15, 0.2) is 18.2 Å². The van der Waals surface area contributed by atoms with E-state index in [0.717, 1.165) is 5.46 Å². The highest BCUT2D eigenvalue weighted by Gasteiger charge is 2.51. The second-order valence-corrected chi connectivity index (χ2v) is 8.42. The first-order valence-electron chi connectivity index (χ1n) is 9.64. The van der Waals surface area contributed by atoms with Crippen LogP contribution in [0.5, 0.6) is 5.75 Å². The van der Waals surface area contributed by atoms with Crippen molar-refractivity contribution in [3.05, 3.63) is 23.8 Å². The summed E-state index contributed by atoms with van der Waals surface area (Å²) in [5.74, 6) is 0.536. The lowest BCUT2D eigenvalue weighted by molar-refractivity contribution is 0.00578. The molecule has 0 N–H and O–H groups in total. The maximum absolute atomic E-state index is 13.1. The SMILES string of the molecule is CC(C)Oc1ccc(B2OC(C)(C)C(C)(C)O2)cc1C(=O)N1CCOCC1. The number of nitrogens with zero attached hydrogens (tertiary/aromatic N) is 1. The molecule has 0 bridgehead atoms. The lowest BCUT2D eigenvalue weighted by atomic mass is 9.78. The molecular formula is C20H30BNO5. The highest BCUT2D eigenvalue weighted by atomic mass is 16.7. The molecule has 0 atom stereocenters. The lowest BCUT2D eigenvalue weighted by Crippen LogP contribution is -2.42. The van der Waals surface area contributed by atoms with E-state index in [1.807, 2.05) is 59.7 Å². The maximum Gasteiger partial charge on any atom is 0.494 e. The number of hydrogen-bond acceptors (Lipinski definition) is 5. The van der Waals surface area contributed by atoms with Gasteiger partial charge in [-0.3, -0.25) is 4.79 Å². The summed E-state index contributed by atoms with van der Waals surface area (Å²) in [5.41, 5.74) is 0.498. The molecular weight excluding hydrogens is 345 g/mol. The van der Waals surface area contributed by atoms with Gasteiger partial charge in [-0.05, 0) is 59.1 Å². The van der Waals surface area contributed by atoms with Crippen molar-refractivity contribution in [3.63, 3.8) is 0 Å². The molecule has 2 aliphatic rings. The predicted molar refractivity (Wildman–Crippen MR) is 105 cm³/mol. The highest BCUT2D eigenvalue weighted by molar-refractivity contribution is 6.62. The number of amides is 1. The van der Waals surface area contributed by atoms with Crippen LogP contribution in [0.1, 0.15) is 51.9 Å². The van der Waals surface area contributed by atoms with E-state index in [9.17, 15) is 4.79 Å². The standard InChI is InChI=1S/C20H30BNO5/c1-14(2)25-17-8-7-15(21-26-19(3,4)20(5,6)27-21)13-16(17)18(23)22-9-11-24-12-10-22/h7-8,13-14H,9-12H2,1-6H3. The van der Waals surface area contributed by atoms with Crippen LogP contribution >= 0.6 is 0 Å². The second-order valence-electron chi connectivity index (χ2n) is 8.42. The Hall–Kier alpha value is -1.57. The number of carbonyl (C=O) groups is 1. The van der Waals surface area contributed by atoms with E-state index in [4.69, 9.17) is 18.8 Å². The second kappa shape index (κ2) is 7.45. The van der Waals surface area contributed by atoms with E-state index in [0.29, 0.717) is 37.6 Å². The zero-order valence-corrected chi connectivity index (χ0v) is 17.2. The molecule has 0 unspecified atom stereocenters. The first-order valence-corrected chi connectivity index (χ1v) is 9.64. The molecule has 27 heavy (non-hydrogen) atoms. The van der Waals surface area contributed by atoms with Crippen molar-refractivity contribution in [1.82, 2.24) is 4.90 Å². The Morgan fingerprint density at radius 3 is 2.26 bits per heavy atom. The Morgan fingerprint density at radius 1 is 1.11 bits per heavy atom. The molecule has 0 aromatic heterocycles. The van der Waals surface area contributed by atoms with Gasteiger partial charge in [0.2, 0.25) is 0 Å². The van der Waals surface area contributed by atoms with Gasteiger partial charge in [0.25, 0.3) is 5.91 Å². The Balaban J connectivity index is 1.92. The van der Waals surface area contributed by atoms with Crippen molar-refractivity contribution in [2.24, 2.45) is 0 Å². The third-order valence-electron chi connectivity index (χ3n) is 5.42. The molecule has 2 heterocycles. The summed E-state index contributed by atoms with van der Waals surface area (Å²) in [5, 5.41) is 0. The van der Waals surface area contributed by atoms with E-state index < -0.39 is 18.3 Å². The van der Waals surface area contributed by atoms with Crippen molar-refractivity contribution >= 4 is 18.5 Å². The van der Waals surface area contributed by atoms with Crippen LogP contribution in [0, 0.1) is 0 Å². The van der Waals surface area contributed by atoms with Gasteiger partial charge >= 0.3 is 7.12 Å². The average molecular weight is 375 g/mol. The molecule has 1 amide bonds. The summed E-state index contributed by atoms with van der Waals surface area (Å²) < 4.78 is 23.5. The molecule has 2 aliphatic heterocycles. The number of rotatable bonds is 4. The zero-order valence-electron chi connectivity index (χ0n) is 17.2. The molecule has 0 aliphatic carbocycles. The number of hydrogen-bond donors (Lipinski definition) is 0. The fourth-order valence-electron chi connectivity index (χ4n) is 3.13. The van der Waals surface area contributed by atoms with Gasteiger partial charge in [-0.2, -0.15) is 0 Å². The fraction of sp³-hybridized carbons (Fsp3) is 0.650. The van der Waals surface area contributed by atoms with Crippen molar-refractivity contribution in [2.75, 3.05) is 26.3 Å². The molecule has 0 saturated carbocycles. The van der Waals surface area contributed by atoms with Crippen molar-refractivity contribution in [3.8, 4) is 5.75 Å². The minimum Gasteiger partial charge on any atom is -0.490 e. The first-order chi connectivity index (χ1) is 12.6. The Labute approximate surface area is 162 Å². The van der Waals surface area contributed by atoms with Gasteiger partial charge in [-0.15, -0.1) is 0 Å². The Morgan fingerprint density at radius 2 is 1.70 bits per heavy atom. The van der Waals surface area contributed by atoms with E-state index in [-0.39, 0.29) is 12.0 Å². The van der Waals surface area contributed by atoms with Gasteiger partial charge < -0.3 is 23.7 Å². The zero-order chi connectivity index (χ0) is 19.8. The molecule has 3 rings (SSSR count). The summed E-state index contributed by atoms with van der Waals surface area (Å²) in [6.45, 7) is 14.3. The quantitative estimate of drug-likeness (QED) is 0.756. The summed E-state index contributed by atoms with van der Waals surface area (Å²) >= 11 is 0. The van der Waals surface area contributed by atoms with Crippen molar-refractivity contribution in [1.29, 1.82) is 0 Å². The molecule has 0 radical (unpaired) electrons. The molecule has 6 nitrogen and oxygen atoms in total. The lowest BCUT2D eigenvalue weighted by Gasteiger charge is -2.32. The smallest absolute Gasteiger partial charge is 0.490 e. The van der Waals surface area contributed by atoms with E-state index in [2.05, 4.69) is 0 Å². The van der Waals surface area contributed by atoms with Crippen LogP contribution in [0.3, 0.4) is 0 Å². The van der Waals surface area contributed by atoms with Gasteiger partial charge in [0.15, 0.2) is 0 Å². The summed E-state index contributed by atoms with van der Waals surface area (Å²) in [4.78, 5) is 14.9. The minimum atomic E-state index is -0.515. The molecule has 2 saturated heterocycles. The topological polar surface area (TPSA) is 57.2 Å². The van der Waals surface area contributed by atoms with E-state index in [1.165, 1.54) is 0 Å². The van der Waals surface area contributed by atoms with Crippen molar-refractivity contribution < 1.29 is 23.6 Å². The summed E-state index contributed by atoms with van der Waals surface area (Å²) in [6.07, 6.45) is -0.0241. The number of benzene rings is 1. The molecule has 7 heteroatoms. The number of morpholine rings is 1. The third-order valence-corrected chi connectivity index (χ3v) is 5.42. The van der Waals surface area contributed by atoms with Gasteiger partial charge in [0.1, 0.15) is 5.75 Å². The third kappa shape index (κ3) is 4.15. The van der Waals surface area contributed by atoms with Gasteiger partial charge in [0, 0.05) is 13.1 Å². The Kier molecular flexibility index (Phi) is 5.57. The molecule has 148 valence electrons. The average Bonchev–Trinajstić information content (AvgIpc) is 2.82. The molecule has 1 aromatic carbocycles. The largest absolute Gasteiger partial charge is 0.494 e. The first kappa shape index (κ1) is 20.2. The van der Waals surface area contributed by atoms with Gasteiger partial charge in [0.05, 0.1) is 36.1 Å².